The van der Waals surface area contributed by atoms with E-state index >= 15 is 0 Å². The molecule has 0 aliphatic carbocycles. The SMILES string of the molecule is Cc1cccc(N2CCN(C3=NC(=O)/C(=C/c4ccc(-c5cccc([N+](=O)[O-])c5)o4)S3)CC2)c1. The molecule has 1 fully saturated rings. The third-order valence-electron chi connectivity index (χ3n) is 5.77. The van der Waals surface area contributed by atoms with Crippen molar-refractivity contribution < 1.29 is 14.1 Å². The molecule has 2 aliphatic heterocycles. The fourth-order valence-corrected chi connectivity index (χ4v) is 4.95. The van der Waals surface area contributed by atoms with Gasteiger partial charge in [-0.05, 0) is 48.5 Å². The molecule has 0 radical (unpaired) electrons. The summed E-state index contributed by atoms with van der Waals surface area (Å²) in [5.74, 6) is 0.715. The maximum atomic E-state index is 12.5. The van der Waals surface area contributed by atoms with E-state index in [1.165, 1.54) is 35.1 Å². The third-order valence-corrected chi connectivity index (χ3v) is 6.81. The van der Waals surface area contributed by atoms with E-state index in [0.717, 1.165) is 26.2 Å². The second-order valence-corrected chi connectivity index (χ2v) is 9.14. The van der Waals surface area contributed by atoms with Crippen LogP contribution in [0.4, 0.5) is 11.4 Å². The number of furan rings is 1. The van der Waals surface area contributed by atoms with Gasteiger partial charge in [-0.25, -0.2) is 0 Å². The highest BCUT2D eigenvalue weighted by molar-refractivity contribution is 8.18. The Morgan fingerprint density at radius 2 is 1.79 bits per heavy atom. The molecule has 0 unspecified atom stereocenters. The summed E-state index contributed by atoms with van der Waals surface area (Å²) >= 11 is 1.35. The molecule has 0 spiro atoms. The number of benzene rings is 2. The van der Waals surface area contributed by atoms with Crippen LogP contribution in [0.2, 0.25) is 0 Å². The van der Waals surface area contributed by atoms with Crippen LogP contribution in [0.5, 0.6) is 0 Å². The Labute approximate surface area is 200 Å². The van der Waals surface area contributed by atoms with E-state index in [0.29, 0.717) is 27.2 Å². The number of carbonyl (C=O) groups excluding carboxylic acids is 1. The van der Waals surface area contributed by atoms with Crippen LogP contribution in [0.3, 0.4) is 0 Å². The molecule has 172 valence electrons. The van der Waals surface area contributed by atoms with Crippen molar-refractivity contribution in [2.45, 2.75) is 6.92 Å². The minimum absolute atomic E-state index is 0.00383. The third kappa shape index (κ3) is 4.60. The number of piperazine rings is 1. The molecule has 34 heavy (non-hydrogen) atoms. The molecular formula is C25H22N4O4S. The highest BCUT2D eigenvalue weighted by Gasteiger charge is 2.29. The van der Waals surface area contributed by atoms with Crippen molar-refractivity contribution in [1.29, 1.82) is 0 Å². The maximum absolute atomic E-state index is 12.5. The Morgan fingerprint density at radius 3 is 2.56 bits per heavy atom. The van der Waals surface area contributed by atoms with Gasteiger partial charge in [0.15, 0.2) is 5.17 Å². The van der Waals surface area contributed by atoms with E-state index in [1.54, 1.807) is 30.3 Å². The second kappa shape index (κ2) is 9.18. The van der Waals surface area contributed by atoms with Crippen LogP contribution in [0.15, 0.2) is 75.0 Å². The predicted octanol–water partition coefficient (Wildman–Crippen LogP) is 4.96. The molecule has 2 aliphatic rings. The molecule has 8 nitrogen and oxygen atoms in total. The fraction of sp³-hybridized carbons (Fsp3) is 0.200. The molecule has 0 N–H and O–H groups in total. The first-order valence-corrected chi connectivity index (χ1v) is 11.7. The molecule has 1 amide bonds. The smallest absolute Gasteiger partial charge is 0.286 e. The quantitative estimate of drug-likeness (QED) is 0.300. The van der Waals surface area contributed by atoms with Gasteiger partial charge in [-0.15, -0.1) is 0 Å². The molecule has 0 atom stereocenters. The average molecular weight is 475 g/mol. The minimum Gasteiger partial charge on any atom is -0.457 e. The van der Waals surface area contributed by atoms with Gasteiger partial charge in [-0.2, -0.15) is 4.99 Å². The van der Waals surface area contributed by atoms with Crippen molar-refractivity contribution in [2.24, 2.45) is 4.99 Å². The number of nitro groups is 1. The zero-order valence-corrected chi connectivity index (χ0v) is 19.3. The molecule has 0 saturated carbocycles. The highest BCUT2D eigenvalue weighted by Crippen LogP contribution is 2.33. The molecule has 0 bridgehead atoms. The Bertz CT molecular complexity index is 1320. The van der Waals surface area contributed by atoms with E-state index in [-0.39, 0.29) is 11.6 Å². The summed E-state index contributed by atoms with van der Waals surface area (Å²) in [6.07, 6.45) is 1.67. The normalized spacial score (nSPS) is 17.4. The van der Waals surface area contributed by atoms with Crippen LogP contribution in [-0.2, 0) is 4.79 Å². The van der Waals surface area contributed by atoms with Gasteiger partial charge >= 0.3 is 0 Å². The molecule has 2 aromatic carbocycles. The molecule has 5 rings (SSSR count). The second-order valence-electron chi connectivity index (χ2n) is 8.13. The van der Waals surface area contributed by atoms with Gasteiger partial charge in [0.05, 0.1) is 9.83 Å². The van der Waals surface area contributed by atoms with Crippen molar-refractivity contribution in [1.82, 2.24) is 4.90 Å². The number of rotatable bonds is 4. The van der Waals surface area contributed by atoms with E-state index in [4.69, 9.17) is 4.42 Å². The first-order valence-electron chi connectivity index (χ1n) is 10.9. The molecule has 9 heteroatoms. The number of hydrogen-bond donors (Lipinski definition) is 0. The number of nitro benzene ring substituents is 1. The van der Waals surface area contributed by atoms with Crippen LogP contribution < -0.4 is 4.90 Å². The molecule has 3 aromatic rings. The highest BCUT2D eigenvalue weighted by atomic mass is 32.2. The lowest BCUT2D eigenvalue weighted by molar-refractivity contribution is -0.384. The number of non-ortho nitro benzene ring substituents is 1. The summed E-state index contributed by atoms with van der Waals surface area (Å²) in [7, 11) is 0. The lowest BCUT2D eigenvalue weighted by Gasteiger charge is -2.36. The van der Waals surface area contributed by atoms with Crippen molar-refractivity contribution >= 4 is 40.3 Å². The largest absolute Gasteiger partial charge is 0.457 e. The van der Waals surface area contributed by atoms with Crippen LogP contribution in [0, 0.1) is 17.0 Å². The summed E-state index contributed by atoms with van der Waals surface area (Å²) < 4.78 is 5.83. The minimum atomic E-state index is -0.442. The number of hydrogen-bond acceptors (Lipinski definition) is 7. The Kier molecular flexibility index (Phi) is 5.93. The van der Waals surface area contributed by atoms with E-state index in [9.17, 15) is 14.9 Å². The standard InChI is InChI=1S/C25H22N4O4S/c1-17-4-2-6-19(14-17)27-10-12-28(13-11-27)25-26-24(30)23(34-25)16-21-8-9-22(33-21)18-5-3-7-20(15-18)29(31)32/h2-9,14-16H,10-13H2,1H3/b23-16-. The Balaban J connectivity index is 1.24. The Morgan fingerprint density at radius 1 is 1.03 bits per heavy atom. The summed E-state index contributed by atoms with van der Waals surface area (Å²) in [6.45, 7) is 5.40. The number of amides is 1. The first-order chi connectivity index (χ1) is 16.5. The van der Waals surface area contributed by atoms with Gasteiger partial charge < -0.3 is 14.2 Å². The monoisotopic (exact) mass is 474 g/mol. The molecular weight excluding hydrogens is 452 g/mol. The molecule has 1 aromatic heterocycles. The van der Waals surface area contributed by atoms with Crippen LogP contribution in [-0.4, -0.2) is 47.1 Å². The van der Waals surface area contributed by atoms with Crippen LogP contribution >= 0.6 is 11.8 Å². The van der Waals surface area contributed by atoms with E-state index in [2.05, 4.69) is 46.0 Å². The van der Waals surface area contributed by atoms with Gasteiger partial charge in [0, 0.05) is 55.6 Å². The van der Waals surface area contributed by atoms with Gasteiger partial charge in [-0.1, -0.05) is 24.3 Å². The van der Waals surface area contributed by atoms with Crippen molar-refractivity contribution in [2.75, 3.05) is 31.1 Å². The van der Waals surface area contributed by atoms with Crippen LogP contribution in [0.1, 0.15) is 11.3 Å². The van der Waals surface area contributed by atoms with Gasteiger partial charge in [0.25, 0.3) is 11.6 Å². The summed E-state index contributed by atoms with van der Waals surface area (Å²) in [6, 6.07) is 18.2. The molecule has 1 saturated heterocycles. The zero-order valence-electron chi connectivity index (χ0n) is 18.5. The van der Waals surface area contributed by atoms with E-state index in [1.807, 2.05) is 0 Å². The Hall–Kier alpha value is -3.85. The number of aryl methyl sites for hydroxylation is 1. The van der Waals surface area contributed by atoms with Crippen molar-refractivity contribution in [3.8, 4) is 11.3 Å². The van der Waals surface area contributed by atoms with Gasteiger partial charge in [-0.3, -0.25) is 14.9 Å². The number of thioether (sulfide) groups is 1. The molecule has 3 heterocycles. The summed E-state index contributed by atoms with van der Waals surface area (Å²) in [5.41, 5.74) is 3.06. The van der Waals surface area contributed by atoms with Crippen molar-refractivity contribution in [3.63, 3.8) is 0 Å². The summed E-state index contributed by atoms with van der Waals surface area (Å²) in [5, 5.41) is 11.7. The lowest BCUT2D eigenvalue weighted by atomic mass is 10.1. The number of aliphatic imine (C=N–C) groups is 1. The number of anilines is 1. The summed E-state index contributed by atoms with van der Waals surface area (Å²) in [4.78, 5) is 32.4. The lowest BCUT2D eigenvalue weighted by Crippen LogP contribution is -2.47. The van der Waals surface area contributed by atoms with Gasteiger partial charge in [0.2, 0.25) is 0 Å². The number of amidine groups is 1. The van der Waals surface area contributed by atoms with Gasteiger partial charge in [0.1, 0.15) is 11.5 Å². The first kappa shape index (κ1) is 22.0. The maximum Gasteiger partial charge on any atom is 0.286 e. The van der Waals surface area contributed by atoms with Crippen LogP contribution in [0.25, 0.3) is 17.4 Å². The van der Waals surface area contributed by atoms with E-state index < -0.39 is 4.92 Å². The number of carbonyl (C=O) groups is 1. The average Bonchev–Trinajstić information content (AvgIpc) is 3.46. The topological polar surface area (TPSA) is 92.2 Å². The van der Waals surface area contributed by atoms with Crippen molar-refractivity contribution in [3.05, 3.63) is 87.0 Å². The zero-order chi connectivity index (χ0) is 23.7. The number of nitrogens with zero attached hydrogens (tertiary/aromatic N) is 4. The fourth-order valence-electron chi connectivity index (χ4n) is 4.00. The predicted molar refractivity (Wildman–Crippen MR) is 134 cm³/mol.